The number of benzene rings is 2. The van der Waals surface area contributed by atoms with Crippen molar-refractivity contribution >= 4 is 23.9 Å². The fourth-order valence-electron chi connectivity index (χ4n) is 2.74. The van der Waals surface area contributed by atoms with Crippen LogP contribution in [0.3, 0.4) is 0 Å². The van der Waals surface area contributed by atoms with Gasteiger partial charge in [-0.25, -0.2) is 9.59 Å². The van der Waals surface area contributed by atoms with Gasteiger partial charge in [-0.05, 0) is 44.5 Å². The van der Waals surface area contributed by atoms with Crippen molar-refractivity contribution in [2.75, 3.05) is 0 Å². The number of hydrogen-bond donors (Lipinski definition) is 1. The van der Waals surface area contributed by atoms with Crippen LogP contribution in [0, 0.1) is 0 Å². The third-order valence-corrected chi connectivity index (χ3v) is 3.99. The molecule has 0 spiro atoms. The van der Waals surface area contributed by atoms with Gasteiger partial charge in [0.25, 0.3) is 11.8 Å². The fraction of sp³-hybridized carbons (Fsp3) is 0.238. The molecular weight excluding hydrogens is 376 g/mol. The van der Waals surface area contributed by atoms with Crippen molar-refractivity contribution in [2.24, 2.45) is 0 Å². The van der Waals surface area contributed by atoms with Gasteiger partial charge in [0.1, 0.15) is 5.60 Å². The molecule has 8 heteroatoms. The van der Waals surface area contributed by atoms with Crippen LogP contribution in [0.25, 0.3) is 0 Å². The monoisotopic (exact) mass is 396 g/mol. The summed E-state index contributed by atoms with van der Waals surface area (Å²) in [7, 11) is 0. The second-order valence-electron chi connectivity index (χ2n) is 7.34. The molecular formula is C21H20N2O6. The lowest BCUT2D eigenvalue weighted by Crippen LogP contribution is -2.34. The quantitative estimate of drug-likeness (QED) is 0.797. The number of hydroxylamine groups is 2. The van der Waals surface area contributed by atoms with E-state index in [-0.39, 0.29) is 23.2 Å². The minimum atomic E-state index is -0.888. The van der Waals surface area contributed by atoms with E-state index in [1.807, 2.05) is 0 Å². The molecule has 2 aromatic carbocycles. The Bertz CT molecular complexity index is 958. The van der Waals surface area contributed by atoms with E-state index in [0.29, 0.717) is 10.6 Å². The highest BCUT2D eigenvalue weighted by Gasteiger charge is 2.39. The Hall–Kier alpha value is -3.68. The van der Waals surface area contributed by atoms with Gasteiger partial charge in [-0.15, -0.1) is 0 Å². The summed E-state index contributed by atoms with van der Waals surface area (Å²) >= 11 is 0. The largest absolute Gasteiger partial charge is 0.444 e. The van der Waals surface area contributed by atoms with E-state index >= 15 is 0 Å². The summed E-state index contributed by atoms with van der Waals surface area (Å²) in [4.78, 5) is 54.3. The van der Waals surface area contributed by atoms with Crippen molar-refractivity contribution < 1.29 is 28.8 Å². The molecule has 0 unspecified atom stereocenters. The Morgan fingerprint density at radius 3 is 2.07 bits per heavy atom. The predicted molar refractivity (Wildman–Crippen MR) is 102 cm³/mol. The summed E-state index contributed by atoms with van der Waals surface area (Å²) in [6.45, 7) is 5.21. The zero-order chi connectivity index (χ0) is 21.2. The van der Waals surface area contributed by atoms with Gasteiger partial charge in [0.2, 0.25) is 0 Å². The van der Waals surface area contributed by atoms with Crippen molar-refractivity contribution in [1.82, 2.24) is 10.4 Å². The molecule has 3 rings (SSSR count). The fourth-order valence-corrected chi connectivity index (χ4v) is 2.74. The summed E-state index contributed by atoms with van der Waals surface area (Å²) in [5.41, 5.74) is 0.240. The van der Waals surface area contributed by atoms with Gasteiger partial charge in [-0.3, -0.25) is 9.59 Å². The molecule has 1 aliphatic rings. The lowest BCUT2D eigenvalue weighted by molar-refractivity contribution is -0.0585. The molecule has 0 radical (unpaired) electrons. The van der Waals surface area contributed by atoms with Crippen molar-refractivity contribution in [2.45, 2.75) is 32.9 Å². The van der Waals surface area contributed by atoms with Crippen molar-refractivity contribution in [3.8, 4) is 0 Å². The van der Waals surface area contributed by atoms with Crippen molar-refractivity contribution in [3.63, 3.8) is 0 Å². The van der Waals surface area contributed by atoms with Crippen LogP contribution in [0.15, 0.2) is 48.5 Å². The van der Waals surface area contributed by atoms with Gasteiger partial charge in [0.15, 0.2) is 0 Å². The maximum absolute atomic E-state index is 12.6. The topological polar surface area (TPSA) is 102 Å². The highest BCUT2D eigenvalue weighted by atomic mass is 16.7. The number of nitrogens with one attached hydrogen (secondary N) is 1. The average Bonchev–Trinajstić information content (AvgIpc) is 2.90. The van der Waals surface area contributed by atoms with Crippen LogP contribution in [0.1, 0.15) is 57.4 Å². The van der Waals surface area contributed by atoms with Crippen LogP contribution in [-0.4, -0.2) is 34.5 Å². The van der Waals surface area contributed by atoms with Crippen LogP contribution in [0.2, 0.25) is 0 Å². The average molecular weight is 396 g/mol. The third kappa shape index (κ3) is 4.43. The van der Waals surface area contributed by atoms with Gasteiger partial charge >= 0.3 is 12.1 Å². The number of nitrogens with zero attached hydrogens (tertiary/aromatic N) is 1. The first kappa shape index (κ1) is 20.1. The Morgan fingerprint density at radius 1 is 0.931 bits per heavy atom. The number of alkyl carbamates (subject to hydrolysis) is 1. The van der Waals surface area contributed by atoms with Crippen molar-refractivity contribution in [1.29, 1.82) is 0 Å². The number of ether oxygens (including phenoxy) is 1. The minimum absolute atomic E-state index is 0.00229. The SMILES string of the molecule is CC(C)(C)OC(=O)NCc1ccccc1C(=O)ON1C(=O)c2ccccc2C1=O. The molecule has 8 nitrogen and oxygen atoms in total. The van der Waals surface area contributed by atoms with E-state index in [4.69, 9.17) is 9.57 Å². The predicted octanol–water partition coefficient (Wildman–Crippen LogP) is 3.08. The normalized spacial score (nSPS) is 13.1. The molecule has 2 aromatic rings. The minimum Gasteiger partial charge on any atom is -0.444 e. The molecule has 0 atom stereocenters. The Labute approximate surface area is 167 Å². The van der Waals surface area contributed by atoms with Crippen LogP contribution in [-0.2, 0) is 16.1 Å². The lowest BCUT2D eigenvalue weighted by atomic mass is 10.1. The van der Waals surface area contributed by atoms with Gasteiger partial charge < -0.3 is 14.9 Å². The highest BCUT2D eigenvalue weighted by Crippen LogP contribution is 2.23. The zero-order valence-electron chi connectivity index (χ0n) is 16.2. The number of carbonyl (C=O) groups excluding carboxylic acids is 4. The van der Waals surface area contributed by atoms with E-state index in [9.17, 15) is 19.2 Å². The molecule has 3 amide bonds. The summed E-state index contributed by atoms with van der Waals surface area (Å²) in [5, 5.41) is 3.01. The summed E-state index contributed by atoms with van der Waals surface area (Å²) < 4.78 is 5.17. The first-order valence-electron chi connectivity index (χ1n) is 8.92. The van der Waals surface area contributed by atoms with E-state index in [1.54, 1.807) is 51.1 Å². The van der Waals surface area contributed by atoms with Gasteiger partial charge in [-0.1, -0.05) is 35.4 Å². The molecule has 0 fully saturated rings. The molecule has 0 aromatic heterocycles. The van der Waals surface area contributed by atoms with Crippen LogP contribution in [0.4, 0.5) is 4.79 Å². The maximum atomic E-state index is 12.6. The van der Waals surface area contributed by atoms with Gasteiger partial charge in [0, 0.05) is 6.54 Å². The molecule has 0 bridgehead atoms. The van der Waals surface area contributed by atoms with Crippen molar-refractivity contribution in [3.05, 3.63) is 70.8 Å². The molecule has 1 heterocycles. The van der Waals surface area contributed by atoms with Gasteiger partial charge in [-0.2, -0.15) is 0 Å². The van der Waals surface area contributed by atoms with Crippen LogP contribution >= 0.6 is 0 Å². The maximum Gasteiger partial charge on any atom is 0.407 e. The zero-order valence-corrected chi connectivity index (χ0v) is 16.2. The first-order valence-corrected chi connectivity index (χ1v) is 8.92. The molecule has 0 aliphatic carbocycles. The molecule has 150 valence electrons. The Kier molecular flexibility index (Phi) is 5.36. The smallest absolute Gasteiger partial charge is 0.407 e. The highest BCUT2D eigenvalue weighted by molar-refractivity contribution is 6.21. The van der Waals surface area contributed by atoms with E-state index < -0.39 is 29.5 Å². The van der Waals surface area contributed by atoms with E-state index in [0.717, 1.165) is 0 Å². The molecule has 1 aliphatic heterocycles. The second-order valence-corrected chi connectivity index (χ2v) is 7.34. The second kappa shape index (κ2) is 7.75. The summed E-state index contributed by atoms with van der Waals surface area (Å²) in [6, 6.07) is 12.6. The van der Waals surface area contributed by atoms with E-state index in [2.05, 4.69) is 5.32 Å². The third-order valence-electron chi connectivity index (χ3n) is 3.99. The molecule has 0 saturated carbocycles. The number of fused-ring (bicyclic) bond motifs is 1. The number of amides is 3. The molecule has 0 saturated heterocycles. The Balaban J connectivity index is 1.72. The number of rotatable bonds is 4. The lowest BCUT2D eigenvalue weighted by Gasteiger charge is -2.20. The number of hydrogen-bond acceptors (Lipinski definition) is 6. The molecule has 1 N–H and O–H groups in total. The van der Waals surface area contributed by atoms with Crippen LogP contribution in [0.5, 0.6) is 0 Å². The summed E-state index contributed by atoms with van der Waals surface area (Å²) in [5.74, 6) is -2.30. The first-order chi connectivity index (χ1) is 13.7. The number of imide groups is 1. The molecule has 29 heavy (non-hydrogen) atoms. The van der Waals surface area contributed by atoms with Crippen LogP contribution < -0.4 is 5.32 Å². The standard InChI is InChI=1S/C21H20N2O6/c1-21(2,3)28-20(27)22-12-13-8-4-5-9-14(13)19(26)29-23-17(24)15-10-6-7-11-16(15)18(23)25/h4-11H,12H2,1-3H3,(H,22,27). The summed E-state index contributed by atoms with van der Waals surface area (Å²) in [6.07, 6.45) is -0.638. The van der Waals surface area contributed by atoms with Gasteiger partial charge in [0.05, 0.1) is 16.7 Å². The van der Waals surface area contributed by atoms with E-state index in [1.165, 1.54) is 18.2 Å². The number of carbonyl (C=O) groups is 4. The Morgan fingerprint density at radius 2 is 1.48 bits per heavy atom.